The largest absolute Gasteiger partial charge is 0.480 e. The highest BCUT2D eigenvalue weighted by molar-refractivity contribution is 5.94. The van der Waals surface area contributed by atoms with E-state index in [0.717, 1.165) is 0 Å². The normalized spacial score (nSPS) is 12.5. The van der Waals surface area contributed by atoms with Crippen molar-refractivity contribution >= 4 is 11.9 Å². The number of rotatable bonds is 5. The van der Waals surface area contributed by atoms with Gasteiger partial charge in [0, 0.05) is 14.0 Å². The van der Waals surface area contributed by atoms with Gasteiger partial charge in [-0.15, -0.1) is 0 Å². The number of carboxylic acid groups (broad SMARTS) is 1. The molecule has 0 aliphatic rings. The average Bonchev–Trinajstić information content (AvgIpc) is 2.63. The molecule has 0 aliphatic heterocycles. The van der Waals surface area contributed by atoms with Crippen LogP contribution in [0.1, 0.15) is 42.4 Å². The first-order valence-corrected chi connectivity index (χ1v) is 6.18. The summed E-state index contributed by atoms with van der Waals surface area (Å²) in [5.74, 6) is -0.793. The molecule has 1 heterocycles. The Kier molecular flexibility index (Phi) is 4.69. The molecule has 1 aromatic heterocycles. The van der Waals surface area contributed by atoms with E-state index in [1.165, 1.54) is 11.9 Å². The molecule has 0 radical (unpaired) electrons. The molecule has 0 aromatic carbocycles. The van der Waals surface area contributed by atoms with Crippen molar-refractivity contribution in [3.8, 4) is 0 Å². The van der Waals surface area contributed by atoms with Crippen molar-refractivity contribution < 1.29 is 19.1 Å². The van der Waals surface area contributed by atoms with E-state index in [1.807, 2.05) is 13.8 Å². The number of carboxylic acids is 1. The van der Waals surface area contributed by atoms with Gasteiger partial charge in [0.1, 0.15) is 6.04 Å². The molecule has 1 aromatic rings. The van der Waals surface area contributed by atoms with Crippen LogP contribution in [0.15, 0.2) is 4.42 Å². The number of aliphatic carboxylic acids is 1. The Morgan fingerprint density at radius 3 is 2.32 bits per heavy atom. The lowest BCUT2D eigenvalue weighted by atomic mass is 10.0. The third-order valence-electron chi connectivity index (χ3n) is 2.87. The molecule has 0 saturated heterocycles. The maximum absolute atomic E-state index is 12.2. The summed E-state index contributed by atoms with van der Waals surface area (Å²) in [4.78, 5) is 28.7. The molecule has 6 heteroatoms. The van der Waals surface area contributed by atoms with Crippen LogP contribution in [-0.2, 0) is 4.79 Å². The van der Waals surface area contributed by atoms with Gasteiger partial charge in [0.25, 0.3) is 5.91 Å². The number of carbonyl (C=O) groups excluding carboxylic acids is 1. The van der Waals surface area contributed by atoms with Gasteiger partial charge in [-0.25, -0.2) is 9.78 Å². The lowest BCUT2D eigenvalue weighted by Gasteiger charge is -2.25. The van der Waals surface area contributed by atoms with E-state index in [-0.39, 0.29) is 11.7 Å². The Balaban J connectivity index is 2.96. The fraction of sp³-hybridized carbons (Fsp3) is 0.615. The van der Waals surface area contributed by atoms with E-state index in [2.05, 4.69) is 4.98 Å². The highest BCUT2D eigenvalue weighted by Crippen LogP contribution is 2.17. The summed E-state index contributed by atoms with van der Waals surface area (Å²) < 4.78 is 5.24. The Morgan fingerprint density at radius 1 is 1.37 bits per heavy atom. The van der Waals surface area contributed by atoms with E-state index in [1.54, 1.807) is 13.8 Å². The number of oxazole rings is 1. The first kappa shape index (κ1) is 15.2. The standard InChI is InChI=1S/C13H20N2O4/c1-7(2)6-10(13(17)18)15(5)12(16)11-8(3)14-9(4)19-11/h7,10H,6H2,1-5H3,(H,17,18). The Labute approximate surface area is 112 Å². The number of aromatic nitrogens is 1. The number of aryl methyl sites for hydroxylation is 2. The lowest BCUT2D eigenvalue weighted by molar-refractivity contribution is -0.142. The van der Waals surface area contributed by atoms with Crippen molar-refractivity contribution in [1.29, 1.82) is 0 Å². The summed E-state index contributed by atoms with van der Waals surface area (Å²) in [6.45, 7) is 7.14. The summed E-state index contributed by atoms with van der Waals surface area (Å²) in [5, 5.41) is 9.22. The zero-order valence-electron chi connectivity index (χ0n) is 11.9. The highest BCUT2D eigenvalue weighted by atomic mass is 16.4. The van der Waals surface area contributed by atoms with E-state index in [4.69, 9.17) is 4.42 Å². The first-order chi connectivity index (χ1) is 8.73. The van der Waals surface area contributed by atoms with Crippen molar-refractivity contribution in [1.82, 2.24) is 9.88 Å². The molecule has 1 atom stereocenters. The van der Waals surface area contributed by atoms with Crippen molar-refractivity contribution in [3.63, 3.8) is 0 Å². The van der Waals surface area contributed by atoms with Crippen LogP contribution in [0.2, 0.25) is 0 Å². The molecule has 106 valence electrons. The molecule has 0 bridgehead atoms. The van der Waals surface area contributed by atoms with Crippen LogP contribution >= 0.6 is 0 Å². The molecule has 1 amide bonds. The molecule has 19 heavy (non-hydrogen) atoms. The van der Waals surface area contributed by atoms with Crippen LogP contribution in [0.3, 0.4) is 0 Å². The Morgan fingerprint density at radius 2 is 1.95 bits per heavy atom. The van der Waals surface area contributed by atoms with E-state index < -0.39 is 17.9 Å². The maximum Gasteiger partial charge on any atom is 0.326 e. The van der Waals surface area contributed by atoms with Crippen molar-refractivity contribution in [2.75, 3.05) is 7.05 Å². The Bertz CT molecular complexity index is 479. The van der Waals surface area contributed by atoms with Gasteiger partial charge in [-0.2, -0.15) is 0 Å². The maximum atomic E-state index is 12.2. The van der Waals surface area contributed by atoms with Crippen LogP contribution in [0.25, 0.3) is 0 Å². The van der Waals surface area contributed by atoms with E-state index >= 15 is 0 Å². The van der Waals surface area contributed by atoms with Gasteiger partial charge in [-0.1, -0.05) is 13.8 Å². The second-order valence-electron chi connectivity index (χ2n) is 5.05. The zero-order valence-corrected chi connectivity index (χ0v) is 11.9. The van der Waals surface area contributed by atoms with Crippen molar-refractivity contribution in [2.24, 2.45) is 5.92 Å². The van der Waals surface area contributed by atoms with Crippen LogP contribution in [0.4, 0.5) is 0 Å². The number of carbonyl (C=O) groups is 2. The molecular formula is C13H20N2O4. The lowest BCUT2D eigenvalue weighted by Crippen LogP contribution is -2.43. The predicted octanol–water partition coefficient (Wildman–Crippen LogP) is 1.86. The fourth-order valence-electron chi connectivity index (χ4n) is 1.90. The first-order valence-electron chi connectivity index (χ1n) is 6.18. The molecule has 1 rings (SSSR count). The smallest absolute Gasteiger partial charge is 0.326 e. The monoisotopic (exact) mass is 268 g/mol. The number of nitrogens with zero attached hydrogens (tertiary/aromatic N) is 2. The SMILES string of the molecule is Cc1nc(C)c(C(=O)N(C)C(CC(C)C)C(=O)O)o1. The fourth-order valence-corrected chi connectivity index (χ4v) is 1.90. The average molecular weight is 268 g/mol. The third kappa shape index (κ3) is 3.56. The molecule has 0 spiro atoms. The third-order valence-corrected chi connectivity index (χ3v) is 2.87. The van der Waals surface area contributed by atoms with Gasteiger partial charge in [0.2, 0.25) is 5.76 Å². The minimum atomic E-state index is -1.02. The summed E-state index contributed by atoms with van der Waals surface area (Å²) >= 11 is 0. The summed E-state index contributed by atoms with van der Waals surface area (Å²) in [6, 6.07) is -0.864. The highest BCUT2D eigenvalue weighted by Gasteiger charge is 2.30. The van der Waals surface area contributed by atoms with Crippen LogP contribution in [0.5, 0.6) is 0 Å². The van der Waals surface area contributed by atoms with Crippen LogP contribution < -0.4 is 0 Å². The van der Waals surface area contributed by atoms with Crippen LogP contribution in [-0.4, -0.2) is 40.0 Å². The van der Waals surface area contributed by atoms with Gasteiger partial charge in [-0.05, 0) is 19.3 Å². The van der Waals surface area contributed by atoms with Gasteiger partial charge in [0.05, 0.1) is 5.69 Å². The van der Waals surface area contributed by atoms with Gasteiger partial charge < -0.3 is 14.4 Å². The van der Waals surface area contributed by atoms with E-state index in [0.29, 0.717) is 18.0 Å². The van der Waals surface area contributed by atoms with Gasteiger partial charge in [0.15, 0.2) is 5.89 Å². The predicted molar refractivity (Wildman–Crippen MR) is 68.9 cm³/mol. The summed E-state index contributed by atoms with van der Waals surface area (Å²) in [7, 11) is 1.47. The molecule has 1 N–H and O–H groups in total. The summed E-state index contributed by atoms with van der Waals surface area (Å²) in [5.41, 5.74) is 0.475. The second-order valence-corrected chi connectivity index (χ2v) is 5.05. The van der Waals surface area contributed by atoms with Crippen molar-refractivity contribution in [3.05, 3.63) is 17.3 Å². The topological polar surface area (TPSA) is 83.6 Å². The molecule has 6 nitrogen and oxygen atoms in total. The molecule has 0 aliphatic carbocycles. The molecular weight excluding hydrogens is 248 g/mol. The van der Waals surface area contributed by atoms with Crippen LogP contribution in [0, 0.1) is 19.8 Å². The number of amides is 1. The summed E-state index contributed by atoms with van der Waals surface area (Å²) in [6.07, 6.45) is 0.393. The number of likely N-dealkylation sites (N-methyl/N-ethyl adjacent to an activating group) is 1. The molecule has 0 fully saturated rings. The van der Waals surface area contributed by atoms with Gasteiger partial charge >= 0.3 is 5.97 Å². The van der Waals surface area contributed by atoms with E-state index in [9.17, 15) is 14.7 Å². The second kappa shape index (κ2) is 5.86. The van der Waals surface area contributed by atoms with Gasteiger partial charge in [-0.3, -0.25) is 4.79 Å². The number of hydrogen-bond donors (Lipinski definition) is 1. The molecule has 1 unspecified atom stereocenters. The minimum absolute atomic E-state index is 0.106. The Hall–Kier alpha value is -1.85. The number of hydrogen-bond acceptors (Lipinski definition) is 4. The molecule has 0 saturated carbocycles. The minimum Gasteiger partial charge on any atom is -0.480 e. The van der Waals surface area contributed by atoms with Crippen molar-refractivity contribution in [2.45, 2.75) is 40.2 Å². The zero-order chi connectivity index (χ0) is 14.7. The quantitative estimate of drug-likeness (QED) is 0.881.